The largest absolute Gasteiger partial charge is 0.508 e. The van der Waals surface area contributed by atoms with Gasteiger partial charge in [-0.3, -0.25) is 4.79 Å². The summed E-state index contributed by atoms with van der Waals surface area (Å²) in [5.41, 5.74) is 12.8. The van der Waals surface area contributed by atoms with E-state index < -0.39 is 5.91 Å². The van der Waals surface area contributed by atoms with Crippen LogP contribution in [0.4, 0.5) is 23.0 Å². The molecule has 0 unspecified atom stereocenters. The van der Waals surface area contributed by atoms with Gasteiger partial charge in [-0.25, -0.2) is 0 Å². The molecule has 1 heterocycles. The number of benzene rings is 2. The van der Waals surface area contributed by atoms with Gasteiger partial charge in [0.15, 0.2) is 17.3 Å². The molecule has 3 rings (SSSR count). The van der Waals surface area contributed by atoms with Crippen molar-refractivity contribution in [3.8, 4) is 5.75 Å². The van der Waals surface area contributed by atoms with E-state index in [1.807, 2.05) is 0 Å². The highest BCUT2D eigenvalue weighted by Gasteiger charge is 2.19. The van der Waals surface area contributed by atoms with Crippen LogP contribution in [-0.2, 0) is 0 Å². The molecule has 2 aromatic carbocycles. The topological polar surface area (TPSA) is 132 Å². The van der Waals surface area contributed by atoms with Crippen molar-refractivity contribution in [2.45, 2.75) is 0 Å². The Morgan fingerprint density at radius 1 is 1.00 bits per heavy atom. The van der Waals surface area contributed by atoms with Crippen LogP contribution in [-0.4, -0.2) is 20.8 Å². The number of nitrogens with zero attached hydrogens (tertiary/aromatic N) is 4. The summed E-state index contributed by atoms with van der Waals surface area (Å²) in [5, 5.41) is 21.1. The number of hydrogen-bond acceptors (Lipinski definition) is 7. The fraction of sp³-hybridized carbons (Fsp3) is 0. The number of phenols is 1. The number of phenolic OH excluding ortho intramolecular Hbond substituents is 1. The molecule has 1 aromatic heterocycles. The first kappa shape index (κ1) is 15.2. The fourth-order valence-corrected chi connectivity index (χ4v) is 2.03. The lowest BCUT2D eigenvalue weighted by molar-refractivity contribution is 0.0948. The van der Waals surface area contributed by atoms with Crippen molar-refractivity contribution in [1.82, 2.24) is 9.78 Å². The minimum absolute atomic E-state index is 0.000639. The molecule has 8 nitrogen and oxygen atoms in total. The summed E-state index contributed by atoms with van der Waals surface area (Å²) in [4.78, 5) is 12.4. The van der Waals surface area contributed by atoms with Crippen LogP contribution in [0.2, 0.25) is 0 Å². The number of carbonyl (C=O) groups is 1. The minimum Gasteiger partial charge on any atom is -0.508 e. The number of aromatic hydroxyl groups is 1. The summed E-state index contributed by atoms with van der Waals surface area (Å²) in [6.45, 7) is 0. The number of hydrogen-bond donors (Lipinski definition) is 3. The Morgan fingerprint density at radius 3 is 2.33 bits per heavy atom. The van der Waals surface area contributed by atoms with E-state index in [2.05, 4.69) is 15.3 Å². The number of aromatic nitrogens is 2. The maximum absolute atomic E-state index is 12.4. The van der Waals surface area contributed by atoms with Gasteiger partial charge in [-0.1, -0.05) is 18.2 Å². The highest BCUT2D eigenvalue weighted by atomic mass is 16.3. The highest BCUT2D eigenvalue weighted by Crippen LogP contribution is 2.31. The fourth-order valence-electron chi connectivity index (χ4n) is 2.03. The summed E-state index contributed by atoms with van der Waals surface area (Å²) in [6, 6.07) is 14.7. The molecule has 0 aliphatic heterocycles. The van der Waals surface area contributed by atoms with Crippen molar-refractivity contribution in [2.24, 2.45) is 10.2 Å². The third kappa shape index (κ3) is 2.93. The predicted octanol–water partition coefficient (Wildman–Crippen LogP) is 2.86. The predicted molar refractivity (Wildman–Crippen MR) is 89.5 cm³/mol. The monoisotopic (exact) mass is 322 g/mol. The van der Waals surface area contributed by atoms with Crippen molar-refractivity contribution in [1.29, 1.82) is 0 Å². The molecular formula is C16H14N6O2. The Morgan fingerprint density at radius 2 is 1.67 bits per heavy atom. The quantitative estimate of drug-likeness (QED) is 0.638. The van der Waals surface area contributed by atoms with Crippen LogP contribution in [0, 0.1) is 0 Å². The average molecular weight is 322 g/mol. The molecule has 5 N–H and O–H groups in total. The van der Waals surface area contributed by atoms with E-state index in [1.54, 1.807) is 42.5 Å². The second kappa shape index (κ2) is 6.21. The molecule has 0 fully saturated rings. The lowest BCUT2D eigenvalue weighted by Gasteiger charge is -2.02. The van der Waals surface area contributed by atoms with E-state index in [0.717, 1.165) is 4.68 Å². The van der Waals surface area contributed by atoms with Crippen molar-refractivity contribution in [3.63, 3.8) is 0 Å². The van der Waals surface area contributed by atoms with Crippen molar-refractivity contribution in [2.75, 3.05) is 11.5 Å². The SMILES string of the molecule is Nc1nn(C(=O)c2ccccc2)c(N)c1N=Nc1ccc(O)cc1. The van der Waals surface area contributed by atoms with E-state index in [4.69, 9.17) is 11.5 Å². The Hall–Kier alpha value is -3.68. The summed E-state index contributed by atoms with van der Waals surface area (Å²) in [7, 11) is 0. The number of azo groups is 1. The van der Waals surface area contributed by atoms with E-state index in [1.165, 1.54) is 12.1 Å². The molecule has 0 amide bonds. The van der Waals surface area contributed by atoms with Gasteiger partial charge in [-0.2, -0.15) is 9.80 Å². The minimum atomic E-state index is -0.411. The van der Waals surface area contributed by atoms with Crippen LogP contribution in [0.5, 0.6) is 5.75 Å². The Labute approximate surface area is 137 Å². The molecule has 0 radical (unpaired) electrons. The smallest absolute Gasteiger partial charge is 0.280 e. The molecule has 0 saturated heterocycles. The number of carbonyl (C=O) groups excluding carboxylic acids is 1. The molecule has 0 saturated carbocycles. The molecule has 8 heteroatoms. The summed E-state index contributed by atoms with van der Waals surface area (Å²) < 4.78 is 0.996. The van der Waals surface area contributed by atoms with Gasteiger partial charge >= 0.3 is 0 Å². The molecule has 0 bridgehead atoms. The zero-order valence-electron chi connectivity index (χ0n) is 12.5. The lowest BCUT2D eigenvalue weighted by Crippen LogP contribution is -2.16. The molecule has 3 aromatic rings. The molecule has 0 aliphatic rings. The van der Waals surface area contributed by atoms with Crippen LogP contribution in [0.15, 0.2) is 64.8 Å². The van der Waals surface area contributed by atoms with Gasteiger partial charge in [0.1, 0.15) is 5.75 Å². The first-order valence-corrected chi connectivity index (χ1v) is 7.01. The van der Waals surface area contributed by atoms with E-state index >= 15 is 0 Å². The van der Waals surface area contributed by atoms with E-state index in [0.29, 0.717) is 11.3 Å². The van der Waals surface area contributed by atoms with Crippen LogP contribution in [0.25, 0.3) is 0 Å². The highest BCUT2D eigenvalue weighted by molar-refractivity contribution is 5.99. The lowest BCUT2D eigenvalue weighted by atomic mass is 10.2. The van der Waals surface area contributed by atoms with Crippen molar-refractivity contribution in [3.05, 3.63) is 60.2 Å². The standard InChI is InChI=1S/C16H14N6O2/c17-14-13(20-19-11-6-8-12(23)9-7-11)15(18)22(21-14)16(24)10-4-2-1-3-5-10/h1-9,23H,18H2,(H2,17,21). The molecule has 0 aliphatic carbocycles. The number of rotatable bonds is 3. The Kier molecular flexibility index (Phi) is 3.94. The van der Waals surface area contributed by atoms with Gasteiger partial charge in [-0.15, -0.1) is 10.2 Å². The first-order valence-electron chi connectivity index (χ1n) is 7.01. The number of nitrogens with two attached hydrogens (primary N) is 2. The summed E-state index contributed by atoms with van der Waals surface area (Å²) in [5.74, 6) is -0.289. The van der Waals surface area contributed by atoms with Gasteiger partial charge in [-0.05, 0) is 36.4 Å². The number of anilines is 2. The molecule has 0 spiro atoms. The third-order valence-corrected chi connectivity index (χ3v) is 3.25. The first-order chi connectivity index (χ1) is 11.6. The van der Waals surface area contributed by atoms with Crippen LogP contribution in [0.1, 0.15) is 10.4 Å². The third-order valence-electron chi connectivity index (χ3n) is 3.25. The van der Waals surface area contributed by atoms with Crippen molar-refractivity contribution >= 4 is 28.9 Å². The van der Waals surface area contributed by atoms with Crippen LogP contribution < -0.4 is 11.5 Å². The average Bonchev–Trinajstić information content (AvgIpc) is 2.89. The van der Waals surface area contributed by atoms with Gasteiger partial charge in [0, 0.05) is 5.56 Å². The van der Waals surface area contributed by atoms with E-state index in [-0.39, 0.29) is 23.1 Å². The Bertz CT molecular complexity index is 900. The number of nitrogen functional groups attached to an aromatic ring is 2. The van der Waals surface area contributed by atoms with Crippen LogP contribution in [0.3, 0.4) is 0 Å². The molecule has 24 heavy (non-hydrogen) atoms. The molecular weight excluding hydrogens is 308 g/mol. The van der Waals surface area contributed by atoms with Gasteiger partial charge in [0.05, 0.1) is 5.69 Å². The molecule has 120 valence electrons. The van der Waals surface area contributed by atoms with Gasteiger partial charge in [0.25, 0.3) is 5.91 Å². The summed E-state index contributed by atoms with van der Waals surface area (Å²) in [6.07, 6.45) is 0. The van der Waals surface area contributed by atoms with Gasteiger partial charge < -0.3 is 16.6 Å². The maximum atomic E-state index is 12.4. The molecule has 0 atom stereocenters. The van der Waals surface area contributed by atoms with Crippen LogP contribution >= 0.6 is 0 Å². The van der Waals surface area contributed by atoms with Gasteiger partial charge in [0.2, 0.25) is 0 Å². The second-order valence-electron chi connectivity index (χ2n) is 4.92. The maximum Gasteiger partial charge on any atom is 0.280 e. The van der Waals surface area contributed by atoms with Crippen molar-refractivity contribution < 1.29 is 9.90 Å². The Balaban J connectivity index is 1.92. The zero-order valence-corrected chi connectivity index (χ0v) is 12.5. The summed E-state index contributed by atoms with van der Waals surface area (Å²) >= 11 is 0. The zero-order chi connectivity index (χ0) is 17.1. The normalized spacial score (nSPS) is 11.0. The van der Waals surface area contributed by atoms with E-state index in [9.17, 15) is 9.90 Å². The second-order valence-corrected chi connectivity index (χ2v) is 4.92.